The quantitative estimate of drug-likeness (QED) is 0.568. The van der Waals surface area contributed by atoms with Crippen LogP contribution in [0.5, 0.6) is 0 Å². The Hall–Kier alpha value is -3.00. The number of hydrogen-bond donors (Lipinski definition) is 2. The van der Waals surface area contributed by atoms with Crippen LogP contribution >= 0.6 is 11.8 Å². The van der Waals surface area contributed by atoms with E-state index in [0.29, 0.717) is 18.7 Å². The van der Waals surface area contributed by atoms with Crippen molar-refractivity contribution in [1.29, 1.82) is 0 Å². The van der Waals surface area contributed by atoms with Gasteiger partial charge in [-0.1, -0.05) is 55.5 Å². The van der Waals surface area contributed by atoms with Gasteiger partial charge in [-0.25, -0.2) is 4.79 Å². The SMILES string of the molecule is CSCCC(NC(=O)OCC1c2ccccc2-c2ccccc21)C(=O)N1C[C@H](C)[C@@](C)(C(=O)O)C1. The number of benzene rings is 2. The summed E-state index contributed by atoms with van der Waals surface area (Å²) in [4.78, 5) is 39.4. The summed E-state index contributed by atoms with van der Waals surface area (Å²) in [5.74, 6) is -0.738. The molecule has 2 aliphatic rings. The molecule has 7 nitrogen and oxygen atoms in total. The van der Waals surface area contributed by atoms with E-state index >= 15 is 0 Å². The summed E-state index contributed by atoms with van der Waals surface area (Å²) in [5, 5.41) is 12.4. The van der Waals surface area contributed by atoms with Crippen molar-refractivity contribution in [3.63, 3.8) is 0 Å². The van der Waals surface area contributed by atoms with E-state index in [1.807, 2.05) is 37.4 Å². The number of alkyl carbamates (subject to hydrolysis) is 1. The van der Waals surface area contributed by atoms with Crippen molar-refractivity contribution in [1.82, 2.24) is 10.2 Å². The van der Waals surface area contributed by atoms with Crippen LogP contribution in [0.15, 0.2) is 48.5 Å². The Bertz CT molecular complexity index is 1080. The van der Waals surface area contributed by atoms with Crippen LogP contribution in [0.2, 0.25) is 0 Å². The van der Waals surface area contributed by atoms with Gasteiger partial charge in [0.25, 0.3) is 0 Å². The van der Waals surface area contributed by atoms with E-state index in [-0.39, 0.29) is 30.9 Å². The van der Waals surface area contributed by atoms with Crippen molar-refractivity contribution in [3.05, 3.63) is 59.7 Å². The Morgan fingerprint density at radius 1 is 1.14 bits per heavy atom. The molecule has 186 valence electrons. The molecule has 1 unspecified atom stereocenters. The molecule has 1 aliphatic carbocycles. The van der Waals surface area contributed by atoms with Gasteiger partial charge in [-0.05, 0) is 53.5 Å². The minimum atomic E-state index is -0.997. The average molecular weight is 497 g/mol. The molecule has 1 heterocycles. The lowest BCUT2D eigenvalue weighted by molar-refractivity contribution is -0.149. The molecule has 3 atom stereocenters. The van der Waals surface area contributed by atoms with E-state index in [4.69, 9.17) is 4.74 Å². The summed E-state index contributed by atoms with van der Waals surface area (Å²) in [5.41, 5.74) is 3.54. The lowest BCUT2D eigenvalue weighted by atomic mass is 9.81. The Kier molecular flexibility index (Phi) is 7.40. The molecule has 4 rings (SSSR count). The maximum Gasteiger partial charge on any atom is 0.407 e. The molecule has 35 heavy (non-hydrogen) atoms. The highest BCUT2D eigenvalue weighted by atomic mass is 32.2. The molecule has 1 aliphatic heterocycles. The first-order valence-electron chi connectivity index (χ1n) is 11.9. The first-order valence-corrected chi connectivity index (χ1v) is 13.3. The third kappa shape index (κ3) is 4.89. The fraction of sp³-hybridized carbons (Fsp3) is 0.444. The number of amides is 2. The van der Waals surface area contributed by atoms with Crippen LogP contribution in [0, 0.1) is 11.3 Å². The first kappa shape index (κ1) is 25.1. The second-order valence-corrected chi connectivity index (χ2v) is 10.6. The van der Waals surface area contributed by atoms with Crippen LogP contribution in [0.3, 0.4) is 0 Å². The van der Waals surface area contributed by atoms with Gasteiger partial charge in [0, 0.05) is 19.0 Å². The zero-order chi connectivity index (χ0) is 25.2. The van der Waals surface area contributed by atoms with Gasteiger partial charge in [0.15, 0.2) is 0 Å². The summed E-state index contributed by atoms with van der Waals surface area (Å²) >= 11 is 1.58. The molecule has 8 heteroatoms. The third-order valence-electron chi connectivity index (χ3n) is 7.45. The summed E-state index contributed by atoms with van der Waals surface area (Å²) in [7, 11) is 0. The number of nitrogens with one attached hydrogen (secondary N) is 1. The van der Waals surface area contributed by atoms with Crippen molar-refractivity contribution in [2.45, 2.75) is 32.2 Å². The van der Waals surface area contributed by atoms with Crippen molar-refractivity contribution in [2.24, 2.45) is 11.3 Å². The van der Waals surface area contributed by atoms with E-state index in [2.05, 4.69) is 29.6 Å². The molecule has 0 spiro atoms. The number of aliphatic carboxylic acids is 1. The molecule has 2 aromatic rings. The molecule has 2 amide bonds. The van der Waals surface area contributed by atoms with E-state index < -0.39 is 23.5 Å². The fourth-order valence-electron chi connectivity index (χ4n) is 5.09. The minimum absolute atomic E-state index is 0.0656. The van der Waals surface area contributed by atoms with E-state index in [1.165, 1.54) is 0 Å². The van der Waals surface area contributed by atoms with Gasteiger partial charge in [0.05, 0.1) is 5.41 Å². The predicted molar refractivity (Wildman–Crippen MR) is 136 cm³/mol. The maximum atomic E-state index is 13.3. The molecule has 0 aromatic heterocycles. The molecular weight excluding hydrogens is 464 g/mol. The fourth-order valence-corrected chi connectivity index (χ4v) is 5.56. The summed E-state index contributed by atoms with van der Waals surface area (Å²) in [6.45, 7) is 4.16. The van der Waals surface area contributed by atoms with Gasteiger partial charge in [-0.3, -0.25) is 9.59 Å². The molecule has 2 aromatic carbocycles. The average Bonchev–Trinajstić information content (AvgIpc) is 3.34. The van der Waals surface area contributed by atoms with E-state index in [0.717, 1.165) is 22.3 Å². The van der Waals surface area contributed by atoms with Crippen molar-refractivity contribution >= 4 is 29.7 Å². The van der Waals surface area contributed by atoms with Crippen LogP contribution in [-0.4, -0.2) is 65.7 Å². The molecule has 0 radical (unpaired) electrons. The van der Waals surface area contributed by atoms with E-state index in [9.17, 15) is 19.5 Å². The van der Waals surface area contributed by atoms with Gasteiger partial charge in [-0.2, -0.15) is 11.8 Å². The molecule has 1 fully saturated rings. The number of rotatable bonds is 8. The van der Waals surface area contributed by atoms with Crippen LogP contribution in [0.1, 0.15) is 37.3 Å². The van der Waals surface area contributed by atoms with Gasteiger partial charge in [-0.15, -0.1) is 0 Å². The summed E-state index contributed by atoms with van der Waals surface area (Å²) in [6, 6.07) is 15.5. The zero-order valence-electron chi connectivity index (χ0n) is 20.3. The number of carboxylic acids is 1. The number of carbonyl (C=O) groups excluding carboxylic acids is 2. The van der Waals surface area contributed by atoms with Crippen LogP contribution < -0.4 is 5.32 Å². The molecule has 0 saturated carbocycles. The predicted octanol–water partition coefficient (Wildman–Crippen LogP) is 4.22. The summed E-state index contributed by atoms with van der Waals surface area (Å²) < 4.78 is 5.64. The smallest absolute Gasteiger partial charge is 0.407 e. The molecular formula is C27H32N2O5S. The van der Waals surface area contributed by atoms with Gasteiger partial charge < -0.3 is 20.1 Å². The van der Waals surface area contributed by atoms with Gasteiger partial charge >= 0.3 is 12.1 Å². The number of likely N-dealkylation sites (tertiary alicyclic amines) is 1. The van der Waals surface area contributed by atoms with E-state index in [1.54, 1.807) is 23.6 Å². The van der Waals surface area contributed by atoms with Crippen LogP contribution in [0.25, 0.3) is 11.1 Å². The third-order valence-corrected chi connectivity index (χ3v) is 8.09. The highest BCUT2D eigenvalue weighted by Crippen LogP contribution is 2.44. The number of thioether (sulfide) groups is 1. The largest absolute Gasteiger partial charge is 0.481 e. The summed E-state index contributed by atoms with van der Waals surface area (Å²) in [6.07, 6.45) is 1.74. The minimum Gasteiger partial charge on any atom is -0.481 e. The number of ether oxygens (including phenoxy) is 1. The number of hydrogen-bond acceptors (Lipinski definition) is 5. The highest BCUT2D eigenvalue weighted by molar-refractivity contribution is 7.98. The monoisotopic (exact) mass is 496 g/mol. The van der Waals surface area contributed by atoms with Gasteiger partial charge in [0.2, 0.25) is 5.91 Å². The first-order chi connectivity index (χ1) is 16.8. The number of nitrogens with zero attached hydrogens (tertiary/aromatic N) is 1. The number of carbonyl (C=O) groups is 3. The number of carboxylic acid groups (broad SMARTS) is 1. The molecule has 2 N–H and O–H groups in total. The molecule has 1 saturated heterocycles. The lowest BCUT2D eigenvalue weighted by Gasteiger charge is -2.26. The molecule has 0 bridgehead atoms. The van der Waals surface area contributed by atoms with Crippen LogP contribution in [-0.2, 0) is 14.3 Å². The second-order valence-electron chi connectivity index (χ2n) is 9.65. The highest BCUT2D eigenvalue weighted by Gasteiger charge is 2.48. The normalized spacial score (nSPS) is 21.8. The number of fused-ring (bicyclic) bond motifs is 3. The zero-order valence-corrected chi connectivity index (χ0v) is 21.1. The van der Waals surface area contributed by atoms with Gasteiger partial charge in [0.1, 0.15) is 12.6 Å². The van der Waals surface area contributed by atoms with Crippen molar-refractivity contribution in [3.8, 4) is 11.1 Å². The Labute approximate surface area is 210 Å². The Morgan fingerprint density at radius 3 is 2.29 bits per heavy atom. The Balaban J connectivity index is 1.43. The maximum absolute atomic E-state index is 13.3. The van der Waals surface area contributed by atoms with Crippen LogP contribution in [0.4, 0.5) is 4.79 Å². The topological polar surface area (TPSA) is 95.9 Å². The van der Waals surface area contributed by atoms with Crippen molar-refractivity contribution < 1.29 is 24.2 Å². The lowest BCUT2D eigenvalue weighted by Crippen LogP contribution is -2.49. The van der Waals surface area contributed by atoms with Crippen molar-refractivity contribution in [2.75, 3.05) is 31.7 Å². The Morgan fingerprint density at radius 2 is 1.74 bits per heavy atom. The second kappa shape index (κ2) is 10.3. The standard InChI is InChI=1S/C27H32N2O5S/c1-17-14-29(16-27(17,2)25(31)32)24(30)23(12-13-35-3)28-26(33)34-15-22-20-10-6-4-8-18(20)19-9-5-7-11-21(19)22/h4-11,17,22-23H,12-16H2,1-3H3,(H,28,33)(H,31,32)/t17-,23?,27-/m0/s1.